The highest BCUT2D eigenvalue weighted by Crippen LogP contribution is 2.22. The van der Waals surface area contributed by atoms with E-state index in [9.17, 15) is 18.0 Å². The molecular weight excluding hydrogens is 346 g/mol. The Labute approximate surface area is 145 Å². The van der Waals surface area contributed by atoms with Gasteiger partial charge >= 0.3 is 0 Å². The van der Waals surface area contributed by atoms with E-state index in [1.165, 1.54) is 5.01 Å². The molecule has 1 aromatic carbocycles. The van der Waals surface area contributed by atoms with E-state index in [0.717, 1.165) is 0 Å². The van der Waals surface area contributed by atoms with E-state index in [2.05, 4.69) is 10.4 Å². The van der Waals surface area contributed by atoms with Crippen molar-refractivity contribution in [3.05, 3.63) is 24.3 Å². The number of benzene rings is 1. The molecule has 1 fully saturated rings. The summed E-state index contributed by atoms with van der Waals surface area (Å²) in [5.41, 5.74) is 0.806. The van der Waals surface area contributed by atoms with Gasteiger partial charge in [0.25, 0.3) is 5.91 Å². The van der Waals surface area contributed by atoms with Gasteiger partial charge in [0.15, 0.2) is 9.84 Å². The number of rotatable bonds is 4. The van der Waals surface area contributed by atoms with Crippen LogP contribution in [0, 0.1) is 0 Å². The normalized spacial score (nSPS) is 22.4. The Hall–Kier alpha value is -2.42. The number of amides is 2. The summed E-state index contributed by atoms with van der Waals surface area (Å²) in [4.78, 5) is 24.5. The first-order valence-corrected chi connectivity index (χ1v) is 9.75. The fraction of sp³-hybridized carbons (Fsp3) is 0.438. The predicted molar refractivity (Wildman–Crippen MR) is 92.2 cm³/mol. The van der Waals surface area contributed by atoms with E-state index in [0.29, 0.717) is 17.9 Å². The van der Waals surface area contributed by atoms with Crippen molar-refractivity contribution < 1.29 is 22.7 Å². The molecule has 1 saturated heterocycles. The SMILES string of the molecule is COc1ccc(NC(=O)C2=NN([C@H]3CCS(=O)(=O)C3)C(=O)CC2)cc1. The number of ether oxygens (including phenoxy) is 1. The van der Waals surface area contributed by atoms with Gasteiger partial charge in [-0.25, -0.2) is 13.4 Å². The molecule has 0 radical (unpaired) electrons. The van der Waals surface area contributed by atoms with Gasteiger partial charge in [0.1, 0.15) is 11.5 Å². The minimum Gasteiger partial charge on any atom is -0.497 e. The molecule has 25 heavy (non-hydrogen) atoms. The number of carbonyl (C=O) groups excluding carboxylic acids is 2. The van der Waals surface area contributed by atoms with E-state index in [1.54, 1.807) is 31.4 Å². The number of methoxy groups -OCH3 is 1. The maximum Gasteiger partial charge on any atom is 0.271 e. The van der Waals surface area contributed by atoms with Crippen LogP contribution in [0.3, 0.4) is 0 Å². The second-order valence-corrected chi connectivity index (χ2v) is 8.25. The fourth-order valence-electron chi connectivity index (χ4n) is 2.87. The average molecular weight is 365 g/mol. The minimum atomic E-state index is -3.14. The number of sulfone groups is 1. The summed E-state index contributed by atoms with van der Waals surface area (Å²) >= 11 is 0. The monoisotopic (exact) mass is 365 g/mol. The Balaban J connectivity index is 1.72. The molecule has 0 unspecified atom stereocenters. The number of carbonyl (C=O) groups is 2. The Morgan fingerprint density at radius 3 is 2.60 bits per heavy atom. The first kappa shape index (κ1) is 17.4. The molecule has 2 heterocycles. The van der Waals surface area contributed by atoms with Crippen LogP contribution < -0.4 is 10.1 Å². The molecule has 1 aromatic rings. The molecule has 134 valence electrons. The van der Waals surface area contributed by atoms with Gasteiger partial charge in [0, 0.05) is 18.5 Å². The molecule has 2 aliphatic heterocycles. The highest BCUT2D eigenvalue weighted by molar-refractivity contribution is 7.91. The molecule has 0 aromatic heterocycles. The first-order valence-electron chi connectivity index (χ1n) is 7.93. The van der Waals surface area contributed by atoms with Crippen LogP contribution in [0.2, 0.25) is 0 Å². The van der Waals surface area contributed by atoms with E-state index >= 15 is 0 Å². The number of nitrogens with zero attached hydrogens (tertiary/aromatic N) is 2. The third kappa shape index (κ3) is 3.98. The standard InChI is InChI=1S/C16H19N3O5S/c1-24-13-4-2-11(3-5-13)17-16(21)14-6-7-15(20)19(18-14)12-8-9-25(22,23)10-12/h2-5,12H,6-10H2,1H3,(H,17,21)/t12-/m0/s1. The second kappa shape index (κ2) is 6.83. The molecule has 0 saturated carbocycles. The van der Waals surface area contributed by atoms with Gasteiger partial charge in [0.05, 0.1) is 24.7 Å². The molecule has 8 nitrogen and oxygen atoms in total. The van der Waals surface area contributed by atoms with Crippen LogP contribution >= 0.6 is 0 Å². The topological polar surface area (TPSA) is 105 Å². The molecule has 9 heteroatoms. The lowest BCUT2D eigenvalue weighted by atomic mass is 10.1. The number of hydrogen-bond acceptors (Lipinski definition) is 6. The maximum atomic E-state index is 12.4. The molecular formula is C16H19N3O5S. The zero-order valence-corrected chi connectivity index (χ0v) is 14.6. The van der Waals surface area contributed by atoms with E-state index in [1.807, 2.05) is 0 Å². The van der Waals surface area contributed by atoms with Gasteiger partial charge < -0.3 is 10.1 Å². The van der Waals surface area contributed by atoms with Crippen LogP contribution in [-0.4, -0.2) is 55.6 Å². The lowest BCUT2D eigenvalue weighted by molar-refractivity contribution is -0.133. The van der Waals surface area contributed by atoms with Crippen molar-refractivity contribution in [1.29, 1.82) is 0 Å². The molecule has 0 bridgehead atoms. The zero-order valence-electron chi connectivity index (χ0n) is 13.8. The van der Waals surface area contributed by atoms with Gasteiger partial charge in [-0.2, -0.15) is 5.10 Å². The Kier molecular flexibility index (Phi) is 4.76. The Bertz CT molecular complexity index is 817. The summed E-state index contributed by atoms with van der Waals surface area (Å²) in [7, 11) is -1.58. The zero-order chi connectivity index (χ0) is 18.0. The number of nitrogens with one attached hydrogen (secondary N) is 1. The predicted octanol–water partition coefficient (Wildman–Crippen LogP) is 0.799. The van der Waals surface area contributed by atoms with Crippen LogP contribution in [0.25, 0.3) is 0 Å². The largest absolute Gasteiger partial charge is 0.497 e. The molecule has 0 spiro atoms. The van der Waals surface area contributed by atoms with Gasteiger partial charge in [-0.1, -0.05) is 0 Å². The highest BCUT2D eigenvalue weighted by Gasteiger charge is 2.37. The Morgan fingerprint density at radius 2 is 2.00 bits per heavy atom. The van der Waals surface area contributed by atoms with Crippen molar-refractivity contribution >= 4 is 33.1 Å². The summed E-state index contributed by atoms with van der Waals surface area (Å²) in [6.45, 7) is 0. The first-order chi connectivity index (χ1) is 11.9. The van der Waals surface area contributed by atoms with Crippen molar-refractivity contribution in [1.82, 2.24) is 5.01 Å². The van der Waals surface area contributed by atoms with Gasteiger partial charge in [0.2, 0.25) is 5.91 Å². The third-order valence-electron chi connectivity index (χ3n) is 4.22. The van der Waals surface area contributed by atoms with Gasteiger partial charge in [-0.3, -0.25) is 9.59 Å². The lowest BCUT2D eigenvalue weighted by Gasteiger charge is -2.27. The molecule has 2 amide bonds. The van der Waals surface area contributed by atoms with Crippen LogP contribution in [0.15, 0.2) is 29.4 Å². The summed E-state index contributed by atoms with van der Waals surface area (Å²) in [5.74, 6) is -0.0289. The van der Waals surface area contributed by atoms with E-state index in [-0.39, 0.29) is 36.0 Å². The summed E-state index contributed by atoms with van der Waals surface area (Å²) in [6.07, 6.45) is 0.729. The van der Waals surface area contributed by atoms with Gasteiger partial charge in [-0.15, -0.1) is 0 Å². The maximum absolute atomic E-state index is 12.4. The molecule has 0 aliphatic carbocycles. The molecule has 1 atom stereocenters. The van der Waals surface area contributed by atoms with Gasteiger partial charge in [-0.05, 0) is 30.7 Å². The Morgan fingerprint density at radius 1 is 1.28 bits per heavy atom. The minimum absolute atomic E-state index is 0.0460. The summed E-state index contributed by atoms with van der Waals surface area (Å²) in [5, 5.41) is 8.04. The number of hydrazone groups is 1. The quantitative estimate of drug-likeness (QED) is 0.850. The molecule has 3 rings (SSSR count). The van der Waals surface area contributed by atoms with Crippen molar-refractivity contribution in [3.8, 4) is 5.75 Å². The van der Waals surface area contributed by atoms with Crippen molar-refractivity contribution in [2.24, 2.45) is 5.10 Å². The number of anilines is 1. The fourth-order valence-corrected chi connectivity index (χ4v) is 4.56. The van der Waals surface area contributed by atoms with Crippen molar-refractivity contribution in [2.45, 2.75) is 25.3 Å². The van der Waals surface area contributed by atoms with E-state index < -0.39 is 21.8 Å². The van der Waals surface area contributed by atoms with Crippen molar-refractivity contribution in [2.75, 3.05) is 23.9 Å². The average Bonchev–Trinajstić information content (AvgIpc) is 2.95. The third-order valence-corrected chi connectivity index (χ3v) is 5.97. The second-order valence-electron chi connectivity index (χ2n) is 6.02. The van der Waals surface area contributed by atoms with E-state index in [4.69, 9.17) is 4.74 Å². The smallest absolute Gasteiger partial charge is 0.271 e. The highest BCUT2D eigenvalue weighted by atomic mass is 32.2. The summed E-state index contributed by atoms with van der Waals surface area (Å²) < 4.78 is 28.3. The number of hydrogen-bond donors (Lipinski definition) is 1. The van der Waals surface area contributed by atoms with Crippen LogP contribution in [-0.2, 0) is 19.4 Å². The lowest BCUT2D eigenvalue weighted by Crippen LogP contribution is -2.42. The molecule has 2 aliphatic rings. The molecule has 1 N–H and O–H groups in total. The van der Waals surface area contributed by atoms with Crippen LogP contribution in [0.5, 0.6) is 5.75 Å². The van der Waals surface area contributed by atoms with Crippen LogP contribution in [0.1, 0.15) is 19.3 Å². The summed E-state index contributed by atoms with van der Waals surface area (Å²) in [6, 6.07) is 6.36. The van der Waals surface area contributed by atoms with Crippen molar-refractivity contribution in [3.63, 3.8) is 0 Å². The van der Waals surface area contributed by atoms with Crippen LogP contribution in [0.4, 0.5) is 5.69 Å².